The number of amides is 1. The average molecular weight is 462 g/mol. The standard InChI is InChI=1S/C17H22N2S.C9H9N3O/c1-4-19-13(2)11-17(14(19)3)20-18-10-9-15-7-5-6-8-16(15)12-18;13-7-10-5-8-6-11-12-4-2-1-3-9(8)12/h5-8,11H,4,9-10,12H2,1-3H3;1-4,6-7H,5H2,(H,10,13). The summed E-state index contributed by atoms with van der Waals surface area (Å²) in [6.07, 6.45) is 5.48. The minimum atomic E-state index is 0.525. The number of aromatic nitrogens is 3. The van der Waals surface area contributed by atoms with Crippen molar-refractivity contribution in [2.45, 2.75) is 51.7 Å². The van der Waals surface area contributed by atoms with Crippen LogP contribution in [0.4, 0.5) is 0 Å². The Morgan fingerprint density at radius 3 is 2.67 bits per heavy atom. The van der Waals surface area contributed by atoms with Gasteiger partial charge in [0.05, 0.1) is 11.7 Å². The number of aryl methyl sites for hydroxylation is 1. The number of rotatable bonds is 6. The van der Waals surface area contributed by atoms with Crippen LogP contribution in [0.2, 0.25) is 0 Å². The van der Waals surface area contributed by atoms with E-state index in [0.29, 0.717) is 13.0 Å². The van der Waals surface area contributed by atoms with E-state index in [2.05, 4.69) is 70.4 Å². The van der Waals surface area contributed by atoms with E-state index in [9.17, 15) is 4.79 Å². The molecular formula is C26H31N5OS. The molecule has 0 saturated carbocycles. The molecule has 0 saturated heterocycles. The summed E-state index contributed by atoms with van der Waals surface area (Å²) in [5, 5.41) is 6.74. The van der Waals surface area contributed by atoms with Crippen LogP contribution in [-0.2, 0) is 30.8 Å². The molecule has 4 heterocycles. The van der Waals surface area contributed by atoms with Crippen molar-refractivity contribution in [3.05, 3.63) is 89.0 Å². The Bertz CT molecular complexity index is 1230. The number of carbonyl (C=O) groups is 1. The first kappa shape index (κ1) is 23.1. The van der Waals surface area contributed by atoms with Crippen molar-refractivity contribution in [1.82, 2.24) is 23.8 Å². The van der Waals surface area contributed by atoms with Crippen LogP contribution in [0.1, 0.15) is 35.0 Å². The lowest BCUT2D eigenvalue weighted by atomic mass is 10.0. The SMILES string of the molecule is CCn1c(C)cc(SN2CCc3ccccc3C2)c1C.O=CNCc1cnn2ccccc12. The van der Waals surface area contributed by atoms with Gasteiger partial charge in [-0.15, -0.1) is 0 Å². The third-order valence-corrected chi connectivity index (χ3v) is 7.23. The van der Waals surface area contributed by atoms with E-state index in [1.165, 1.54) is 27.4 Å². The predicted octanol–water partition coefficient (Wildman–Crippen LogP) is 4.77. The summed E-state index contributed by atoms with van der Waals surface area (Å²) >= 11 is 1.92. The fraction of sp³-hybridized carbons (Fsp3) is 0.308. The molecule has 33 heavy (non-hydrogen) atoms. The van der Waals surface area contributed by atoms with Gasteiger partial charge in [0.25, 0.3) is 0 Å². The maximum Gasteiger partial charge on any atom is 0.207 e. The molecule has 0 fully saturated rings. The van der Waals surface area contributed by atoms with Gasteiger partial charge in [-0.2, -0.15) is 5.10 Å². The van der Waals surface area contributed by atoms with Crippen molar-refractivity contribution in [1.29, 1.82) is 0 Å². The highest BCUT2D eigenvalue weighted by Gasteiger charge is 2.18. The molecule has 0 radical (unpaired) electrons. The van der Waals surface area contributed by atoms with Crippen molar-refractivity contribution >= 4 is 23.9 Å². The first-order valence-electron chi connectivity index (χ1n) is 11.4. The van der Waals surface area contributed by atoms with Crippen molar-refractivity contribution in [2.75, 3.05) is 6.54 Å². The summed E-state index contributed by atoms with van der Waals surface area (Å²) in [4.78, 5) is 11.5. The zero-order valence-corrected chi connectivity index (χ0v) is 20.3. The highest BCUT2D eigenvalue weighted by molar-refractivity contribution is 7.97. The number of pyridine rings is 1. The Balaban J connectivity index is 0.000000172. The number of benzene rings is 1. The molecule has 1 aliphatic heterocycles. The van der Waals surface area contributed by atoms with Gasteiger partial charge in [0, 0.05) is 54.2 Å². The topological polar surface area (TPSA) is 54.6 Å². The van der Waals surface area contributed by atoms with Gasteiger partial charge in [-0.25, -0.2) is 8.82 Å². The van der Waals surface area contributed by atoms with Crippen LogP contribution < -0.4 is 5.32 Å². The molecule has 172 valence electrons. The molecule has 6 nitrogen and oxygen atoms in total. The quantitative estimate of drug-likeness (QED) is 0.332. The molecule has 4 aromatic rings. The second-order valence-corrected chi connectivity index (χ2v) is 9.29. The molecule has 1 amide bonds. The number of fused-ring (bicyclic) bond motifs is 2. The van der Waals surface area contributed by atoms with Gasteiger partial charge in [0.2, 0.25) is 6.41 Å². The van der Waals surface area contributed by atoms with Gasteiger partial charge in [-0.05, 0) is 68.5 Å². The van der Waals surface area contributed by atoms with Crippen LogP contribution in [0.3, 0.4) is 0 Å². The molecule has 1 aliphatic rings. The van der Waals surface area contributed by atoms with Crippen LogP contribution in [0.25, 0.3) is 5.52 Å². The van der Waals surface area contributed by atoms with Crippen molar-refractivity contribution in [3.8, 4) is 0 Å². The highest BCUT2D eigenvalue weighted by atomic mass is 32.2. The maximum atomic E-state index is 10.1. The van der Waals surface area contributed by atoms with Crippen LogP contribution >= 0.6 is 11.9 Å². The van der Waals surface area contributed by atoms with E-state index in [1.807, 2.05) is 36.3 Å². The predicted molar refractivity (Wildman–Crippen MR) is 134 cm³/mol. The van der Waals surface area contributed by atoms with Crippen molar-refractivity contribution in [3.63, 3.8) is 0 Å². The third-order valence-electron chi connectivity index (χ3n) is 6.05. The molecule has 1 N–H and O–H groups in total. The molecule has 0 aliphatic carbocycles. The Kier molecular flexibility index (Phi) is 7.52. The largest absolute Gasteiger partial charge is 0.354 e. The van der Waals surface area contributed by atoms with E-state index >= 15 is 0 Å². The van der Waals surface area contributed by atoms with E-state index in [0.717, 1.165) is 37.1 Å². The fourth-order valence-electron chi connectivity index (χ4n) is 4.31. The molecule has 5 rings (SSSR count). The lowest BCUT2D eigenvalue weighted by Gasteiger charge is -2.27. The number of hydrogen-bond donors (Lipinski definition) is 1. The lowest BCUT2D eigenvalue weighted by Crippen LogP contribution is -2.24. The highest BCUT2D eigenvalue weighted by Crippen LogP contribution is 2.32. The molecular weight excluding hydrogens is 430 g/mol. The summed E-state index contributed by atoms with van der Waals surface area (Å²) in [6.45, 7) is 10.4. The summed E-state index contributed by atoms with van der Waals surface area (Å²) in [6, 6.07) is 17.0. The van der Waals surface area contributed by atoms with Gasteiger partial charge >= 0.3 is 0 Å². The van der Waals surface area contributed by atoms with E-state index in [-0.39, 0.29) is 0 Å². The second-order valence-electron chi connectivity index (χ2n) is 8.15. The summed E-state index contributed by atoms with van der Waals surface area (Å²) < 4.78 is 6.66. The van der Waals surface area contributed by atoms with E-state index in [1.54, 1.807) is 10.7 Å². The van der Waals surface area contributed by atoms with Crippen molar-refractivity contribution in [2.24, 2.45) is 0 Å². The third kappa shape index (κ3) is 5.31. The molecule has 0 atom stereocenters. The zero-order chi connectivity index (χ0) is 23.2. The van der Waals surface area contributed by atoms with Crippen LogP contribution in [-0.4, -0.2) is 31.4 Å². The molecule has 1 aromatic carbocycles. The lowest BCUT2D eigenvalue weighted by molar-refractivity contribution is -0.109. The smallest absolute Gasteiger partial charge is 0.207 e. The normalized spacial score (nSPS) is 13.3. The first-order chi connectivity index (χ1) is 16.1. The summed E-state index contributed by atoms with van der Waals surface area (Å²) in [5.74, 6) is 0. The van der Waals surface area contributed by atoms with Gasteiger partial charge < -0.3 is 9.88 Å². The molecule has 0 bridgehead atoms. The molecule has 0 spiro atoms. The van der Waals surface area contributed by atoms with Gasteiger partial charge in [0.1, 0.15) is 0 Å². The number of hydrogen-bond acceptors (Lipinski definition) is 4. The fourth-order valence-corrected chi connectivity index (χ4v) is 5.44. The van der Waals surface area contributed by atoms with Crippen LogP contribution in [0.5, 0.6) is 0 Å². The number of carbonyl (C=O) groups excluding carboxylic acids is 1. The molecule has 3 aromatic heterocycles. The molecule has 7 heteroatoms. The Hall–Kier alpha value is -3.03. The number of nitrogens with zero attached hydrogens (tertiary/aromatic N) is 4. The molecule has 0 unspecified atom stereocenters. The Labute approximate surface area is 199 Å². The minimum Gasteiger partial charge on any atom is -0.354 e. The monoisotopic (exact) mass is 461 g/mol. The van der Waals surface area contributed by atoms with Gasteiger partial charge in [-0.3, -0.25) is 4.79 Å². The first-order valence-corrected chi connectivity index (χ1v) is 12.1. The Morgan fingerprint density at radius 1 is 1.12 bits per heavy atom. The van der Waals surface area contributed by atoms with Crippen LogP contribution in [0, 0.1) is 13.8 Å². The average Bonchev–Trinajstić information content (AvgIpc) is 3.37. The second kappa shape index (κ2) is 10.7. The zero-order valence-electron chi connectivity index (χ0n) is 19.5. The van der Waals surface area contributed by atoms with Gasteiger partial charge in [-0.1, -0.05) is 30.3 Å². The van der Waals surface area contributed by atoms with E-state index in [4.69, 9.17) is 0 Å². The van der Waals surface area contributed by atoms with Crippen LogP contribution in [0.15, 0.2) is 65.8 Å². The minimum absolute atomic E-state index is 0.525. The van der Waals surface area contributed by atoms with Crippen molar-refractivity contribution < 1.29 is 4.79 Å². The van der Waals surface area contributed by atoms with Gasteiger partial charge in [0.15, 0.2) is 0 Å². The summed E-state index contributed by atoms with van der Waals surface area (Å²) in [5.41, 5.74) is 7.81. The maximum absolute atomic E-state index is 10.1. The summed E-state index contributed by atoms with van der Waals surface area (Å²) in [7, 11) is 0. The number of nitrogens with one attached hydrogen (secondary N) is 1. The van der Waals surface area contributed by atoms with E-state index < -0.39 is 0 Å². The Morgan fingerprint density at radius 2 is 1.91 bits per heavy atom.